The first-order chi connectivity index (χ1) is 14.9. The number of halogens is 1. The minimum Gasteiger partial charge on any atom is -0.450 e. The van der Waals surface area contributed by atoms with Crippen LogP contribution in [-0.2, 0) is 19.1 Å². The lowest BCUT2D eigenvalue weighted by Gasteiger charge is -2.64. The summed E-state index contributed by atoms with van der Waals surface area (Å²) >= 11 is 7.46. The fourth-order valence-electron chi connectivity index (χ4n) is 7.91. The number of allylic oxidation sites excluding steroid dienone is 4. The maximum atomic E-state index is 13.5. The Morgan fingerprint density at radius 2 is 1.91 bits per heavy atom. The number of carbonyl (C=O) groups is 3. The van der Waals surface area contributed by atoms with Gasteiger partial charge in [-0.3, -0.25) is 14.4 Å². The van der Waals surface area contributed by atoms with Crippen LogP contribution in [0.25, 0.3) is 0 Å². The zero-order chi connectivity index (χ0) is 23.7. The largest absolute Gasteiger partial charge is 0.450 e. The highest BCUT2D eigenvalue weighted by Crippen LogP contribution is 2.72. The first-order valence-corrected chi connectivity index (χ1v) is 12.4. The third-order valence-corrected chi connectivity index (χ3v) is 10.4. The van der Waals surface area contributed by atoms with E-state index in [4.69, 9.17) is 16.3 Å². The maximum Gasteiger partial charge on any atom is 0.306 e. The van der Waals surface area contributed by atoms with Gasteiger partial charge in [-0.25, -0.2) is 0 Å². The molecule has 0 aromatic rings. The molecule has 1 N–H and O–H groups in total. The standard InChI is InChI=1S/C26H35ClO5/c1-6-20(29)26(32-22(31)7-2)15(3)12-19-18-9-8-16-13-17(28)10-11-23(16,4)25(18,27)21(30)14-24(19,26)5/h10-11,13,15,18-19,21,30H,6-9,12,14H2,1-5H3/t15-,18-,19-,21-,23-,24-,25-,26+/m0/s1. The molecule has 4 aliphatic carbocycles. The Kier molecular flexibility index (Phi) is 5.57. The predicted molar refractivity (Wildman–Crippen MR) is 122 cm³/mol. The number of carbonyl (C=O) groups excluding carboxylic acids is 3. The van der Waals surface area contributed by atoms with E-state index >= 15 is 0 Å². The molecule has 0 heterocycles. The summed E-state index contributed by atoms with van der Waals surface area (Å²) in [6.45, 7) is 9.58. The van der Waals surface area contributed by atoms with Crippen LogP contribution in [0.1, 0.15) is 73.1 Å². The summed E-state index contributed by atoms with van der Waals surface area (Å²) in [5, 5.41) is 11.7. The summed E-state index contributed by atoms with van der Waals surface area (Å²) in [6.07, 6.45) is 7.09. The quantitative estimate of drug-likeness (QED) is 0.490. The molecule has 0 amide bonds. The van der Waals surface area contributed by atoms with E-state index in [1.54, 1.807) is 26.0 Å². The van der Waals surface area contributed by atoms with Gasteiger partial charge in [0.15, 0.2) is 17.2 Å². The normalized spacial score (nSPS) is 47.2. The van der Waals surface area contributed by atoms with Crippen molar-refractivity contribution in [2.24, 2.45) is 28.6 Å². The molecule has 0 bridgehead atoms. The van der Waals surface area contributed by atoms with Crippen LogP contribution in [0.2, 0.25) is 0 Å². The van der Waals surface area contributed by atoms with Crippen molar-refractivity contribution < 1.29 is 24.2 Å². The van der Waals surface area contributed by atoms with Gasteiger partial charge in [0.05, 0.1) is 11.0 Å². The van der Waals surface area contributed by atoms with Gasteiger partial charge in [0.2, 0.25) is 0 Å². The number of esters is 1. The Bertz CT molecular complexity index is 923. The Morgan fingerprint density at radius 1 is 1.22 bits per heavy atom. The predicted octanol–water partition coefficient (Wildman–Crippen LogP) is 4.54. The van der Waals surface area contributed by atoms with Gasteiger partial charge in [0, 0.05) is 29.6 Å². The number of ketones is 2. The van der Waals surface area contributed by atoms with Gasteiger partial charge in [0.25, 0.3) is 0 Å². The Labute approximate surface area is 195 Å². The van der Waals surface area contributed by atoms with E-state index in [1.165, 1.54) is 0 Å². The van der Waals surface area contributed by atoms with Gasteiger partial charge < -0.3 is 9.84 Å². The van der Waals surface area contributed by atoms with Crippen LogP contribution in [0.4, 0.5) is 0 Å². The second kappa shape index (κ2) is 7.53. The van der Waals surface area contributed by atoms with Crippen LogP contribution in [0, 0.1) is 28.6 Å². The smallest absolute Gasteiger partial charge is 0.306 e. The number of Topliss-reactive ketones (excluding diaryl/α,β-unsaturated/α-hetero) is 1. The van der Waals surface area contributed by atoms with Crippen molar-refractivity contribution >= 4 is 29.1 Å². The molecule has 3 saturated carbocycles. The molecule has 6 heteroatoms. The van der Waals surface area contributed by atoms with Crippen molar-refractivity contribution in [3.05, 3.63) is 23.8 Å². The summed E-state index contributed by atoms with van der Waals surface area (Å²) in [4.78, 5) is 37.1. The monoisotopic (exact) mass is 462 g/mol. The van der Waals surface area contributed by atoms with Crippen molar-refractivity contribution in [2.75, 3.05) is 0 Å². The first-order valence-electron chi connectivity index (χ1n) is 12.0. The third kappa shape index (κ3) is 2.70. The molecule has 176 valence electrons. The zero-order valence-corrected chi connectivity index (χ0v) is 20.5. The number of hydrogen-bond donors (Lipinski definition) is 1. The van der Waals surface area contributed by atoms with Gasteiger partial charge in [-0.1, -0.05) is 46.3 Å². The molecule has 0 aliphatic heterocycles. The number of rotatable bonds is 4. The highest BCUT2D eigenvalue weighted by atomic mass is 35.5. The van der Waals surface area contributed by atoms with Crippen LogP contribution >= 0.6 is 11.6 Å². The second-order valence-electron chi connectivity index (χ2n) is 10.7. The van der Waals surface area contributed by atoms with E-state index in [1.807, 2.05) is 26.8 Å². The van der Waals surface area contributed by atoms with Crippen LogP contribution in [0.15, 0.2) is 23.8 Å². The molecule has 5 nitrogen and oxygen atoms in total. The van der Waals surface area contributed by atoms with Crippen LogP contribution in [0.5, 0.6) is 0 Å². The minimum atomic E-state index is -1.26. The average Bonchev–Trinajstić information content (AvgIpc) is 2.96. The topological polar surface area (TPSA) is 80.7 Å². The minimum absolute atomic E-state index is 0.0166. The van der Waals surface area contributed by atoms with E-state index in [0.717, 1.165) is 18.4 Å². The van der Waals surface area contributed by atoms with Crippen LogP contribution < -0.4 is 0 Å². The number of aliphatic hydroxyl groups excluding tert-OH is 1. The maximum absolute atomic E-state index is 13.5. The fraction of sp³-hybridized carbons (Fsp3) is 0.731. The number of alkyl halides is 1. The van der Waals surface area contributed by atoms with Crippen molar-refractivity contribution in [3.63, 3.8) is 0 Å². The molecule has 0 aromatic carbocycles. The molecular weight excluding hydrogens is 428 g/mol. The van der Waals surface area contributed by atoms with E-state index < -0.39 is 27.4 Å². The van der Waals surface area contributed by atoms with E-state index in [9.17, 15) is 19.5 Å². The summed E-state index contributed by atoms with van der Waals surface area (Å²) in [7, 11) is 0. The SMILES string of the molecule is CCC(=O)O[C@@]1(C(=O)CC)[C@@H](C)C[C@H]2[C@@H]3CCC4=CC(=O)C=C[C@]4(C)[C@@]3(Cl)[C@@H](O)C[C@@]21C. The average molecular weight is 463 g/mol. The van der Waals surface area contributed by atoms with Crippen molar-refractivity contribution in [2.45, 2.75) is 89.7 Å². The molecule has 4 rings (SSSR count). The lowest BCUT2D eigenvalue weighted by atomic mass is 9.45. The van der Waals surface area contributed by atoms with Gasteiger partial charge in [-0.15, -0.1) is 11.6 Å². The van der Waals surface area contributed by atoms with Crippen molar-refractivity contribution in [1.82, 2.24) is 0 Å². The van der Waals surface area contributed by atoms with Crippen molar-refractivity contribution in [1.29, 1.82) is 0 Å². The molecule has 0 aromatic heterocycles. The lowest BCUT2D eigenvalue weighted by molar-refractivity contribution is -0.201. The lowest BCUT2D eigenvalue weighted by Crippen LogP contribution is -2.69. The Hall–Kier alpha value is -1.46. The number of hydrogen-bond acceptors (Lipinski definition) is 5. The fourth-order valence-corrected chi connectivity index (χ4v) is 8.44. The summed E-state index contributed by atoms with van der Waals surface area (Å²) in [5.41, 5.74) is -1.64. The zero-order valence-electron chi connectivity index (χ0n) is 19.7. The Morgan fingerprint density at radius 3 is 2.53 bits per heavy atom. The third-order valence-electron chi connectivity index (χ3n) is 9.48. The van der Waals surface area contributed by atoms with Gasteiger partial charge in [-0.2, -0.15) is 0 Å². The molecule has 3 fully saturated rings. The molecule has 8 atom stereocenters. The summed E-state index contributed by atoms with van der Waals surface area (Å²) in [6, 6.07) is 0. The molecule has 4 aliphatic rings. The number of ether oxygens (including phenoxy) is 1. The molecule has 0 unspecified atom stereocenters. The van der Waals surface area contributed by atoms with Gasteiger partial charge in [0.1, 0.15) is 0 Å². The van der Waals surface area contributed by atoms with Gasteiger partial charge >= 0.3 is 5.97 Å². The Balaban J connectivity index is 1.85. The molecule has 0 spiro atoms. The number of aliphatic hydroxyl groups is 1. The van der Waals surface area contributed by atoms with Crippen LogP contribution in [0.3, 0.4) is 0 Å². The van der Waals surface area contributed by atoms with Gasteiger partial charge in [-0.05, 0) is 49.7 Å². The van der Waals surface area contributed by atoms with E-state index in [0.29, 0.717) is 6.42 Å². The molecule has 0 radical (unpaired) electrons. The van der Waals surface area contributed by atoms with E-state index in [-0.39, 0.29) is 54.6 Å². The first kappa shape index (κ1) is 23.7. The second-order valence-corrected chi connectivity index (χ2v) is 11.4. The van der Waals surface area contributed by atoms with Crippen LogP contribution in [-0.4, -0.2) is 39.2 Å². The summed E-state index contributed by atoms with van der Waals surface area (Å²) < 4.78 is 6.08. The highest BCUT2D eigenvalue weighted by molar-refractivity contribution is 6.26. The molecule has 32 heavy (non-hydrogen) atoms. The molecular formula is C26H35ClO5. The molecule has 0 saturated heterocycles. The summed E-state index contributed by atoms with van der Waals surface area (Å²) in [5.74, 6) is -0.723. The number of fused-ring (bicyclic) bond motifs is 5. The highest BCUT2D eigenvalue weighted by Gasteiger charge is 2.76. The van der Waals surface area contributed by atoms with E-state index in [2.05, 4.69) is 0 Å². The van der Waals surface area contributed by atoms with Crippen molar-refractivity contribution in [3.8, 4) is 0 Å².